The van der Waals surface area contributed by atoms with E-state index in [1.165, 1.54) is 82.5 Å². The van der Waals surface area contributed by atoms with Crippen LogP contribution in [0.2, 0.25) is 0 Å². The summed E-state index contributed by atoms with van der Waals surface area (Å²) in [5.74, 6) is 1.14. The first-order chi connectivity index (χ1) is 25.3. The van der Waals surface area contributed by atoms with Crippen LogP contribution >= 0.6 is 0 Å². The van der Waals surface area contributed by atoms with Crippen LogP contribution in [0.25, 0.3) is 88.7 Å². The van der Waals surface area contributed by atoms with Crippen molar-refractivity contribution in [1.29, 1.82) is 0 Å². The van der Waals surface area contributed by atoms with Crippen molar-refractivity contribution in [1.82, 2.24) is 4.57 Å². The van der Waals surface area contributed by atoms with Crippen molar-refractivity contribution in [2.24, 2.45) is 0 Å². The molecule has 1 aliphatic rings. The second kappa shape index (κ2) is 12.0. The van der Waals surface area contributed by atoms with E-state index in [0.29, 0.717) is 0 Å². The van der Waals surface area contributed by atoms with E-state index in [2.05, 4.69) is 198 Å². The van der Waals surface area contributed by atoms with Crippen molar-refractivity contribution in [2.45, 2.75) is 0 Å². The number of nitrogens with zero attached hydrogens (tertiary/aromatic N) is 1. The van der Waals surface area contributed by atoms with Crippen molar-refractivity contribution in [3.05, 3.63) is 188 Å². The minimum absolute atomic E-state index is 0.802. The summed E-state index contributed by atoms with van der Waals surface area (Å²) < 4.78 is 2.39. The normalized spacial score (nSPS) is 12.3. The quantitative estimate of drug-likeness (QED) is 0.183. The van der Waals surface area contributed by atoms with E-state index in [0.717, 1.165) is 18.1 Å². The number of aromatic nitrogens is 1. The summed E-state index contributed by atoms with van der Waals surface area (Å²) in [6.45, 7) is 0.802. The average molecular weight is 651 g/mol. The van der Waals surface area contributed by atoms with E-state index in [-0.39, 0.29) is 0 Å². The summed E-state index contributed by atoms with van der Waals surface area (Å²) >= 11 is 0. The molecule has 240 valence electrons. The van der Waals surface area contributed by atoms with E-state index < -0.39 is 0 Å². The van der Waals surface area contributed by atoms with Gasteiger partial charge in [-0.2, -0.15) is 0 Å². The molecule has 2 heteroatoms. The Kier molecular flexibility index (Phi) is 6.92. The van der Waals surface area contributed by atoms with Gasteiger partial charge in [-0.15, -0.1) is 0 Å². The number of hydrogen-bond acceptors (Lipinski definition) is 1. The molecule has 51 heavy (non-hydrogen) atoms. The molecule has 2 heterocycles. The molecule has 0 saturated heterocycles. The molecule has 10 rings (SSSR count). The standard InChI is InChI=1S/C49H34N2/c1-3-14-33(15-4-1)35-18-11-20-37(30-35)47-40-22-7-9-24-42(40)48(43-25-10-8-23-41(43)47)38-27-28-46-45(32-38)44-26-13-29-50-49(44)51(46)39-21-12-19-36(31-39)34-16-5-2-6-17-34/h1-28,30-32,50H,29H2. The van der Waals surface area contributed by atoms with Crippen molar-refractivity contribution < 1.29 is 0 Å². The molecule has 0 radical (unpaired) electrons. The van der Waals surface area contributed by atoms with Crippen LogP contribution in [0.5, 0.6) is 0 Å². The fraction of sp³-hybridized carbons (Fsp3) is 0.0204. The molecule has 0 atom stereocenters. The maximum atomic E-state index is 3.71. The Labute approximate surface area is 297 Å². The van der Waals surface area contributed by atoms with E-state index in [1.807, 2.05) is 0 Å². The Morgan fingerprint density at radius 2 is 0.902 bits per heavy atom. The fourth-order valence-electron chi connectivity index (χ4n) is 8.10. The van der Waals surface area contributed by atoms with E-state index in [9.17, 15) is 0 Å². The zero-order valence-electron chi connectivity index (χ0n) is 28.1. The molecule has 0 saturated carbocycles. The van der Waals surface area contributed by atoms with Gasteiger partial charge >= 0.3 is 0 Å². The van der Waals surface area contributed by atoms with Crippen molar-refractivity contribution in [2.75, 3.05) is 11.9 Å². The van der Waals surface area contributed by atoms with Gasteiger partial charge in [-0.05, 0) is 96.4 Å². The first-order valence-electron chi connectivity index (χ1n) is 17.7. The van der Waals surface area contributed by atoms with Crippen LogP contribution in [0.1, 0.15) is 5.56 Å². The lowest BCUT2D eigenvalue weighted by Gasteiger charge is -2.18. The molecule has 0 bridgehead atoms. The summed E-state index contributed by atoms with van der Waals surface area (Å²) in [5, 5.41) is 9.99. The molecule has 0 fully saturated rings. The number of rotatable bonds is 5. The van der Waals surface area contributed by atoms with Gasteiger partial charge in [0, 0.05) is 23.2 Å². The predicted octanol–water partition coefficient (Wildman–Crippen LogP) is 13.0. The highest BCUT2D eigenvalue weighted by atomic mass is 15.1. The van der Waals surface area contributed by atoms with Gasteiger partial charge in [0.25, 0.3) is 0 Å². The largest absolute Gasteiger partial charge is 0.367 e. The fourth-order valence-corrected chi connectivity index (χ4v) is 8.10. The molecule has 1 aromatic heterocycles. The van der Waals surface area contributed by atoms with Crippen molar-refractivity contribution in [3.8, 4) is 50.2 Å². The molecule has 2 nitrogen and oxygen atoms in total. The summed E-state index contributed by atoms with van der Waals surface area (Å²) in [4.78, 5) is 0. The molecule has 8 aromatic carbocycles. The highest BCUT2D eigenvalue weighted by Gasteiger charge is 2.22. The van der Waals surface area contributed by atoms with Gasteiger partial charge in [0.2, 0.25) is 0 Å². The molecule has 0 spiro atoms. The van der Waals surface area contributed by atoms with Crippen LogP contribution in [0.4, 0.5) is 5.82 Å². The summed E-state index contributed by atoms with van der Waals surface area (Å²) in [5.41, 5.74) is 13.4. The summed E-state index contributed by atoms with van der Waals surface area (Å²) in [7, 11) is 0. The number of anilines is 1. The first kappa shape index (κ1) is 29.3. The van der Waals surface area contributed by atoms with Gasteiger partial charge in [-0.1, -0.05) is 158 Å². The van der Waals surface area contributed by atoms with E-state index in [1.54, 1.807) is 0 Å². The lowest BCUT2D eigenvalue weighted by molar-refractivity contribution is 1.09. The second-order valence-corrected chi connectivity index (χ2v) is 13.3. The molecule has 0 amide bonds. The Balaban J connectivity index is 1.19. The van der Waals surface area contributed by atoms with Gasteiger partial charge in [0.15, 0.2) is 0 Å². The zero-order chi connectivity index (χ0) is 33.7. The molecular weight excluding hydrogens is 617 g/mol. The van der Waals surface area contributed by atoms with Crippen LogP contribution in [-0.4, -0.2) is 11.1 Å². The molecule has 0 aliphatic carbocycles. The third-order valence-electron chi connectivity index (χ3n) is 10.4. The summed E-state index contributed by atoms with van der Waals surface area (Å²) in [6, 6.07) is 64.1. The number of nitrogens with one attached hydrogen (secondary N) is 1. The maximum Gasteiger partial charge on any atom is 0.119 e. The average Bonchev–Trinajstić information content (AvgIpc) is 3.54. The number of fused-ring (bicyclic) bond motifs is 5. The van der Waals surface area contributed by atoms with Gasteiger partial charge in [0.05, 0.1) is 5.52 Å². The smallest absolute Gasteiger partial charge is 0.119 e. The molecule has 9 aromatic rings. The number of benzene rings is 8. The van der Waals surface area contributed by atoms with Crippen LogP contribution in [0.15, 0.2) is 182 Å². The van der Waals surface area contributed by atoms with Gasteiger partial charge in [-0.25, -0.2) is 0 Å². The van der Waals surface area contributed by atoms with E-state index in [4.69, 9.17) is 0 Å². The predicted molar refractivity (Wildman–Crippen MR) is 218 cm³/mol. The van der Waals surface area contributed by atoms with Gasteiger partial charge < -0.3 is 5.32 Å². The Morgan fingerprint density at radius 3 is 1.53 bits per heavy atom. The van der Waals surface area contributed by atoms with Crippen LogP contribution in [0.3, 0.4) is 0 Å². The minimum atomic E-state index is 0.802. The maximum absolute atomic E-state index is 3.71. The molecule has 0 unspecified atom stereocenters. The lowest BCUT2D eigenvalue weighted by atomic mass is 9.85. The van der Waals surface area contributed by atoms with Crippen LogP contribution < -0.4 is 5.32 Å². The Hall–Kier alpha value is -6.64. The highest BCUT2D eigenvalue weighted by Crippen LogP contribution is 2.46. The monoisotopic (exact) mass is 650 g/mol. The molecular formula is C49H34N2. The van der Waals surface area contributed by atoms with Crippen LogP contribution in [-0.2, 0) is 0 Å². The van der Waals surface area contributed by atoms with Crippen molar-refractivity contribution >= 4 is 44.3 Å². The minimum Gasteiger partial charge on any atom is -0.367 e. The van der Waals surface area contributed by atoms with Crippen LogP contribution in [0, 0.1) is 0 Å². The lowest BCUT2D eigenvalue weighted by Crippen LogP contribution is -2.08. The third kappa shape index (κ3) is 4.87. The topological polar surface area (TPSA) is 17.0 Å². The molecule has 1 N–H and O–H groups in total. The molecule has 1 aliphatic heterocycles. The Morgan fingerprint density at radius 1 is 0.392 bits per heavy atom. The van der Waals surface area contributed by atoms with Gasteiger partial charge in [-0.3, -0.25) is 4.57 Å². The Bertz CT molecular complexity index is 2730. The zero-order valence-corrected chi connectivity index (χ0v) is 28.1. The van der Waals surface area contributed by atoms with E-state index >= 15 is 0 Å². The SMILES string of the molecule is C1=Cc2c(n(-c3cccc(-c4ccccc4)c3)c3ccc(-c4c5ccccc5c(-c5cccc(-c6ccccc6)c5)c5ccccc45)cc23)NC1. The third-order valence-corrected chi connectivity index (χ3v) is 10.4. The van der Waals surface area contributed by atoms with Crippen molar-refractivity contribution in [3.63, 3.8) is 0 Å². The first-order valence-corrected chi connectivity index (χ1v) is 17.7. The number of hydrogen-bond donors (Lipinski definition) is 1. The highest BCUT2D eigenvalue weighted by molar-refractivity contribution is 6.22. The van der Waals surface area contributed by atoms with Gasteiger partial charge in [0.1, 0.15) is 5.82 Å². The summed E-state index contributed by atoms with van der Waals surface area (Å²) in [6.07, 6.45) is 4.51. The second-order valence-electron chi connectivity index (χ2n) is 13.3.